The van der Waals surface area contributed by atoms with Gasteiger partial charge in [-0.3, -0.25) is 0 Å². The molecule has 2 aliphatic rings. The van der Waals surface area contributed by atoms with Gasteiger partial charge in [0.15, 0.2) is 0 Å². The van der Waals surface area contributed by atoms with Crippen LogP contribution in [0.25, 0.3) is 0 Å². The van der Waals surface area contributed by atoms with Crippen molar-refractivity contribution in [2.24, 2.45) is 0 Å². The topological polar surface area (TPSA) is 19.9 Å². The molecule has 0 aromatic carbocycles. The Hall–Kier alpha value is 0.127. The van der Waals surface area contributed by atoms with Crippen LogP contribution < -0.4 is 0 Å². The Morgan fingerprint density at radius 2 is 0.625 bits per heavy atom. The summed E-state index contributed by atoms with van der Waals surface area (Å²) >= 11 is 0. The molecule has 2 rings (SSSR count). The van der Waals surface area contributed by atoms with E-state index in [1.54, 1.807) is 0 Å². The first kappa shape index (κ1) is 31.9. The van der Waals surface area contributed by atoms with E-state index in [9.17, 15) is 26.3 Å². The van der Waals surface area contributed by atoms with Gasteiger partial charge in [-0.05, 0) is 64.2 Å². The molecule has 0 bridgehead atoms. The molecule has 2 aliphatic carbocycles. The van der Waals surface area contributed by atoms with E-state index in [1.165, 1.54) is 0 Å². The van der Waals surface area contributed by atoms with Crippen LogP contribution in [0.4, 0.5) is 26.3 Å². The summed E-state index contributed by atoms with van der Waals surface area (Å²) in [6, 6.07) is 0. The van der Waals surface area contributed by atoms with Gasteiger partial charge < -0.3 is 0 Å². The van der Waals surface area contributed by atoms with Crippen LogP contribution in [0, 0.1) is 82.7 Å². The number of halogens is 6. The van der Waals surface area contributed by atoms with E-state index in [4.69, 9.17) is 4.65 Å². The van der Waals surface area contributed by atoms with Gasteiger partial charge in [0, 0.05) is 50.8 Å². The van der Waals surface area contributed by atoms with Gasteiger partial charge in [0.1, 0.15) is 0 Å². The van der Waals surface area contributed by atoms with Crippen molar-refractivity contribution in [2.75, 3.05) is 0 Å². The van der Waals surface area contributed by atoms with Gasteiger partial charge in [-0.1, -0.05) is 0 Å². The predicted molar refractivity (Wildman–Crippen MR) is 66.8 cm³/mol. The quantitative estimate of drug-likeness (QED) is 0.149. The fourth-order valence-electron chi connectivity index (χ4n) is 0.783. The zero-order valence-corrected chi connectivity index (χ0v) is 14.9. The molecule has 0 unspecified atom stereocenters. The Balaban J connectivity index is -0.000000121. The fraction of sp³-hybridized carbons (Fsp3) is 0.133. The van der Waals surface area contributed by atoms with E-state index in [0.29, 0.717) is 0 Å². The van der Waals surface area contributed by atoms with Crippen LogP contribution in [0.5, 0.6) is 0 Å². The van der Waals surface area contributed by atoms with Gasteiger partial charge in [-0.2, -0.15) is 26.3 Å². The largest absolute Gasteiger partial charge is 0.0312 e. The number of alkyl halides is 6. The van der Waals surface area contributed by atoms with Crippen LogP contribution in [-0.4, -0.2) is 12.4 Å². The third-order valence-electron chi connectivity index (χ3n) is 1.46. The van der Waals surface area contributed by atoms with Gasteiger partial charge in [0.2, 0.25) is 0 Å². The second-order valence-electron chi connectivity index (χ2n) is 3.17. The van der Waals surface area contributed by atoms with E-state index in [0.717, 1.165) is 0 Å². The Labute approximate surface area is 164 Å². The van der Waals surface area contributed by atoms with Gasteiger partial charge in [-0.25, -0.2) is 0 Å². The molecule has 1 nitrogen and oxygen atoms in total. The molecular formula is C15H10F6ORh2. The molecule has 0 N–H and O–H groups in total. The summed E-state index contributed by atoms with van der Waals surface area (Å²) in [7, 11) is 0. The maximum atomic E-state index is 10.9. The average molecular weight is 526 g/mol. The molecule has 0 atom stereocenters. The molecule has 136 valence electrons. The summed E-state index contributed by atoms with van der Waals surface area (Å²) in [6.45, 7) is 4.50. The Kier molecular flexibility index (Phi) is 25.8. The maximum Gasteiger partial charge on any atom is 0 e. The van der Waals surface area contributed by atoms with Crippen molar-refractivity contribution in [3.63, 3.8) is 0 Å². The monoisotopic (exact) mass is 526 g/mol. The van der Waals surface area contributed by atoms with Crippen molar-refractivity contribution in [2.45, 2.75) is 12.4 Å². The predicted octanol–water partition coefficient (Wildman–Crippen LogP) is 4.11. The number of hydrogen-bond donors (Lipinski definition) is 0. The standard InChI is InChI=1S/2C5H5.C4F6.CO.2Rh/c2*1-2-4-5-3-1;5-3(6,7)1-2-4(8,9)10;1-2;;/h2*1-5H;;;;. The second kappa shape index (κ2) is 19.5. The summed E-state index contributed by atoms with van der Waals surface area (Å²) < 4.78 is 73.0. The molecular weight excluding hydrogens is 516 g/mol. The van der Waals surface area contributed by atoms with E-state index in [1.807, 2.05) is 64.2 Å². The Morgan fingerprint density at radius 1 is 0.500 bits per heavy atom. The smallest absolute Gasteiger partial charge is 0 e. The molecule has 0 saturated heterocycles. The Bertz CT molecular complexity index is 291. The molecule has 24 heavy (non-hydrogen) atoms. The average Bonchev–Trinajstić information content (AvgIpc) is 3.15. The van der Waals surface area contributed by atoms with Crippen LogP contribution in [0.2, 0.25) is 0 Å². The van der Waals surface area contributed by atoms with Crippen molar-refractivity contribution in [1.29, 1.82) is 0 Å². The second-order valence-corrected chi connectivity index (χ2v) is 3.17. The minimum atomic E-state index is -5.07. The van der Waals surface area contributed by atoms with E-state index >= 15 is 0 Å². The SMILES string of the molecule is FC(F)(F)C#CC(F)(F)F.[C-]#[O+].[CH]1[CH][CH][CH][CH]1.[CH]1[CH][CH][CH][CH]1.[Rh].[Rh]. The van der Waals surface area contributed by atoms with E-state index < -0.39 is 12.4 Å². The summed E-state index contributed by atoms with van der Waals surface area (Å²) in [6.07, 6.45) is 9.85. The van der Waals surface area contributed by atoms with Crippen LogP contribution in [0.15, 0.2) is 0 Å². The van der Waals surface area contributed by atoms with Crippen molar-refractivity contribution in [3.8, 4) is 11.8 Å². The first-order chi connectivity index (χ1) is 10.2. The molecule has 2 saturated carbocycles. The fourth-order valence-corrected chi connectivity index (χ4v) is 0.783. The first-order valence-corrected chi connectivity index (χ1v) is 5.42. The minimum absolute atomic E-state index is 0. The third-order valence-corrected chi connectivity index (χ3v) is 1.46. The van der Waals surface area contributed by atoms with Crippen LogP contribution >= 0.6 is 0 Å². The van der Waals surface area contributed by atoms with Gasteiger partial charge in [0.25, 0.3) is 0 Å². The van der Waals surface area contributed by atoms with Gasteiger partial charge >= 0.3 is 23.7 Å². The summed E-state index contributed by atoms with van der Waals surface area (Å²) in [5.41, 5.74) is 0. The zero-order valence-electron chi connectivity index (χ0n) is 11.6. The maximum absolute atomic E-state index is 10.9. The normalized spacial score (nSPS) is 15.2. The van der Waals surface area contributed by atoms with Crippen LogP contribution in [0.1, 0.15) is 0 Å². The van der Waals surface area contributed by atoms with Crippen molar-refractivity contribution < 1.29 is 70.0 Å². The number of hydrogen-bond acceptors (Lipinski definition) is 0. The van der Waals surface area contributed by atoms with Crippen molar-refractivity contribution >= 4 is 0 Å². The molecule has 0 heterocycles. The third kappa shape index (κ3) is 33.7. The van der Waals surface area contributed by atoms with Crippen molar-refractivity contribution in [1.82, 2.24) is 0 Å². The molecule has 0 amide bonds. The van der Waals surface area contributed by atoms with E-state index in [2.05, 4.69) is 6.65 Å². The number of rotatable bonds is 0. The van der Waals surface area contributed by atoms with Crippen molar-refractivity contribution in [3.05, 3.63) is 70.9 Å². The van der Waals surface area contributed by atoms with Crippen LogP contribution in [-0.2, 0) is 43.6 Å². The molecule has 12 radical (unpaired) electrons. The summed E-state index contributed by atoms with van der Waals surface area (Å²) in [5.74, 6) is 0.174. The molecule has 0 aromatic rings. The molecule has 2 fully saturated rings. The molecule has 9 heteroatoms. The molecule has 0 aliphatic heterocycles. The van der Waals surface area contributed by atoms with Gasteiger partial charge in [-0.15, -0.1) is 0 Å². The first-order valence-electron chi connectivity index (χ1n) is 5.42. The van der Waals surface area contributed by atoms with Gasteiger partial charge in [0.05, 0.1) is 0 Å². The molecule has 0 aromatic heterocycles. The summed E-state index contributed by atoms with van der Waals surface area (Å²) in [5, 5.41) is 0. The molecule has 0 spiro atoms. The Morgan fingerprint density at radius 3 is 0.708 bits per heavy atom. The summed E-state index contributed by atoms with van der Waals surface area (Å²) in [4.78, 5) is 0. The van der Waals surface area contributed by atoms with Crippen LogP contribution in [0.3, 0.4) is 0 Å². The zero-order chi connectivity index (χ0) is 17.5. The van der Waals surface area contributed by atoms with E-state index in [-0.39, 0.29) is 50.8 Å². The minimum Gasteiger partial charge on any atom is -0.0312 e.